The number of carbonyl (C=O) groups is 2. The zero-order valence-electron chi connectivity index (χ0n) is 19.3. The molecule has 1 heterocycles. The molecule has 0 unspecified atom stereocenters. The van der Waals surface area contributed by atoms with Crippen LogP contribution in [0, 0.1) is 0 Å². The fraction of sp³-hybridized carbons (Fsp3) is 0.0769. The molecule has 0 saturated carbocycles. The summed E-state index contributed by atoms with van der Waals surface area (Å²) in [5.41, 5.74) is 1.03. The Morgan fingerprint density at radius 2 is 1.73 bits per heavy atom. The number of halogens is 2. The van der Waals surface area contributed by atoms with E-state index >= 15 is 0 Å². The van der Waals surface area contributed by atoms with Crippen molar-refractivity contribution in [3.63, 3.8) is 0 Å². The number of benzene rings is 3. The summed E-state index contributed by atoms with van der Waals surface area (Å²) in [5, 5.41) is 10.9. The van der Waals surface area contributed by atoms with Gasteiger partial charge in [0.15, 0.2) is 0 Å². The van der Waals surface area contributed by atoms with Crippen LogP contribution in [0.3, 0.4) is 0 Å². The van der Waals surface area contributed by atoms with Gasteiger partial charge in [-0.25, -0.2) is 18.0 Å². The number of esters is 1. The van der Waals surface area contributed by atoms with Crippen molar-refractivity contribution in [3.8, 4) is 0 Å². The molecule has 8 nitrogen and oxygen atoms in total. The normalized spacial score (nSPS) is 11.9. The van der Waals surface area contributed by atoms with Crippen molar-refractivity contribution in [2.45, 2.75) is 11.8 Å². The van der Waals surface area contributed by atoms with E-state index in [1.165, 1.54) is 48.5 Å². The van der Waals surface area contributed by atoms with E-state index < -0.39 is 22.0 Å². The Kier molecular flexibility index (Phi) is 7.58. The van der Waals surface area contributed by atoms with Gasteiger partial charge in [0.1, 0.15) is 5.69 Å². The number of hydrogen-bond acceptors (Lipinski definition) is 5. The fourth-order valence-corrected chi connectivity index (χ4v) is 5.40. The third kappa shape index (κ3) is 5.64. The SMILES string of the molecule is CCOC(=O)c1[nH]c2cc(Cl)cc(Cl)c2c1/C=C(\C(=O)O)c1ccc(NS(=O)(=O)c2ccccc2)cc1. The molecule has 0 aliphatic rings. The highest BCUT2D eigenvalue weighted by Crippen LogP contribution is 2.35. The van der Waals surface area contributed by atoms with E-state index in [1.807, 2.05) is 0 Å². The number of carbonyl (C=O) groups excluding carboxylic acids is 1. The second kappa shape index (κ2) is 10.7. The molecule has 0 aliphatic carbocycles. The summed E-state index contributed by atoms with van der Waals surface area (Å²) in [7, 11) is -3.82. The summed E-state index contributed by atoms with van der Waals surface area (Å²) in [6.07, 6.45) is 1.32. The lowest BCUT2D eigenvalue weighted by atomic mass is 10.0. The predicted molar refractivity (Wildman–Crippen MR) is 143 cm³/mol. The van der Waals surface area contributed by atoms with Gasteiger partial charge in [-0.3, -0.25) is 4.72 Å². The molecule has 4 aromatic rings. The summed E-state index contributed by atoms with van der Waals surface area (Å²) in [6.45, 7) is 1.76. The number of sulfonamides is 1. The molecule has 11 heteroatoms. The number of rotatable bonds is 8. The van der Waals surface area contributed by atoms with E-state index in [0.717, 1.165) is 0 Å². The lowest BCUT2D eigenvalue weighted by molar-refractivity contribution is -0.130. The second-order valence-corrected chi connectivity index (χ2v) is 10.3. The Morgan fingerprint density at radius 1 is 1.05 bits per heavy atom. The average Bonchev–Trinajstić information content (AvgIpc) is 3.22. The van der Waals surface area contributed by atoms with Crippen molar-refractivity contribution >= 4 is 73.4 Å². The first kappa shape index (κ1) is 26.3. The van der Waals surface area contributed by atoms with Crippen LogP contribution in [0.1, 0.15) is 28.5 Å². The minimum atomic E-state index is -3.82. The molecule has 0 spiro atoms. The average molecular weight is 559 g/mol. The number of carboxylic acid groups (broad SMARTS) is 1. The van der Waals surface area contributed by atoms with Gasteiger partial charge in [0.25, 0.3) is 10.0 Å². The third-order valence-corrected chi connectivity index (χ3v) is 7.27. The zero-order chi connectivity index (χ0) is 26.7. The molecule has 0 bridgehead atoms. The van der Waals surface area contributed by atoms with E-state index in [9.17, 15) is 23.1 Å². The number of aromatic nitrogens is 1. The van der Waals surface area contributed by atoms with Crippen molar-refractivity contribution < 1.29 is 27.9 Å². The summed E-state index contributed by atoms with van der Waals surface area (Å²) in [6, 6.07) is 16.7. The first-order valence-electron chi connectivity index (χ1n) is 10.9. The molecule has 0 saturated heterocycles. The van der Waals surface area contributed by atoms with Crippen LogP contribution in [0.5, 0.6) is 0 Å². The van der Waals surface area contributed by atoms with Gasteiger partial charge in [-0.05, 0) is 55.0 Å². The highest BCUT2D eigenvalue weighted by molar-refractivity contribution is 7.92. The molecular weight excluding hydrogens is 539 g/mol. The van der Waals surface area contributed by atoms with Crippen LogP contribution in [0.25, 0.3) is 22.6 Å². The van der Waals surface area contributed by atoms with Gasteiger partial charge in [-0.1, -0.05) is 53.5 Å². The molecule has 0 aliphatic heterocycles. The van der Waals surface area contributed by atoms with E-state index in [1.54, 1.807) is 31.2 Å². The smallest absolute Gasteiger partial charge is 0.355 e. The van der Waals surface area contributed by atoms with E-state index in [0.29, 0.717) is 15.9 Å². The van der Waals surface area contributed by atoms with Crippen molar-refractivity contribution in [1.82, 2.24) is 4.98 Å². The summed E-state index contributed by atoms with van der Waals surface area (Å²) < 4.78 is 32.8. The zero-order valence-corrected chi connectivity index (χ0v) is 21.6. The van der Waals surface area contributed by atoms with Crippen molar-refractivity contribution in [2.75, 3.05) is 11.3 Å². The summed E-state index contributed by atoms with van der Waals surface area (Å²) >= 11 is 12.5. The Hall–Kier alpha value is -3.79. The highest BCUT2D eigenvalue weighted by Gasteiger charge is 2.22. The Bertz CT molecular complexity index is 1630. The largest absolute Gasteiger partial charge is 0.478 e. The molecule has 0 fully saturated rings. The van der Waals surface area contributed by atoms with Crippen molar-refractivity contribution in [3.05, 3.63) is 93.6 Å². The molecule has 4 rings (SSSR count). The Labute approximate surface area is 222 Å². The quantitative estimate of drug-likeness (QED) is 0.178. The molecule has 0 radical (unpaired) electrons. The van der Waals surface area contributed by atoms with Crippen LogP contribution in [0.2, 0.25) is 10.0 Å². The van der Waals surface area contributed by atoms with Gasteiger partial charge < -0.3 is 14.8 Å². The first-order chi connectivity index (χ1) is 17.6. The number of H-pyrrole nitrogens is 1. The lowest BCUT2D eigenvalue weighted by Gasteiger charge is -2.10. The van der Waals surface area contributed by atoms with Gasteiger partial charge in [-0.15, -0.1) is 0 Å². The molecule has 0 atom stereocenters. The number of fused-ring (bicyclic) bond motifs is 1. The number of aliphatic carboxylic acids is 1. The number of nitrogens with one attached hydrogen (secondary N) is 2. The first-order valence-corrected chi connectivity index (χ1v) is 13.2. The van der Waals surface area contributed by atoms with Gasteiger partial charge in [0.05, 0.1) is 22.1 Å². The molecule has 1 aromatic heterocycles. The van der Waals surface area contributed by atoms with Crippen LogP contribution in [0.15, 0.2) is 71.6 Å². The maximum atomic E-state index is 12.6. The molecule has 0 amide bonds. The van der Waals surface area contributed by atoms with E-state index in [-0.39, 0.29) is 44.6 Å². The number of anilines is 1. The van der Waals surface area contributed by atoms with Gasteiger partial charge in [-0.2, -0.15) is 0 Å². The standard InChI is InChI=1S/C26H20Cl2N2O6S/c1-2-36-26(33)24-20(23-21(28)12-16(27)13-22(23)29-24)14-19(25(31)32)15-8-10-17(11-9-15)30-37(34,35)18-6-4-3-5-7-18/h3-14,29-30H,2H2,1H3,(H,31,32)/b19-14-. The number of hydrogen-bond donors (Lipinski definition) is 3. The highest BCUT2D eigenvalue weighted by atomic mass is 35.5. The summed E-state index contributed by atoms with van der Waals surface area (Å²) in [5.74, 6) is -1.96. The molecule has 37 heavy (non-hydrogen) atoms. The van der Waals surface area contributed by atoms with Crippen LogP contribution in [0.4, 0.5) is 5.69 Å². The lowest BCUT2D eigenvalue weighted by Crippen LogP contribution is -2.12. The van der Waals surface area contributed by atoms with Gasteiger partial charge in [0, 0.05) is 27.2 Å². The van der Waals surface area contributed by atoms with Crippen LogP contribution in [-0.4, -0.2) is 37.1 Å². The van der Waals surface area contributed by atoms with Gasteiger partial charge >= 0.3 is 11.9 Å². The number of ether oxygens (including phenoxy) is 1. The van der Waals surface area contributed by atoms with Crippen LogP contribution in [-0.2, 0) is 19.6 Å². The Balaban J connectivity index is 1.77. The molecular formula is C26H20Cl2N2O6S. The summed E-state index contributed by atoms with van der Waals surface area (Å²) in [4.78, 5) is 27.9. The molecule has 190 valence electrons. The van der Waals surface area contributed by atoms with Crippen molar-refractivity contribution in [2.24, 2.45) is 0 Å². The second-order valence-electron chi connectivity index (χ2n) is 7.80. The monoisotopic (exact) mass is 558 g/mol. The predicted octanol–water partition coefficient (Wildman–Crippen LogP) is 6.08. The van der Waals surface area contributed by atoms with Crippen molar-refractivity contribution in [1.29, 1.82) is 0 Å². The van der Waals surface area contributed by atoms with E-state index in [2.05, 4.69) is 9.71 Å². The fourth-order valence-electron chi connectivity index (χ4n) is 3.73. The van der Waals surface area contributed by atoms with Crippen LogP contribution >= 0.6 is 23.2 Å². The minimum Gasteiger partial charge on any atom is -0.478 e. The topological polar surface area (TPSA) is 126 Å². The molecule has 3 N–H and O–H groups in total. The maximum Gasteiger partial charge on any atom is 0.355 e. The third-order valence-electron chi connectivity index (χ3n) is 5.35. The number of aromatic amines is 1. The maximum absolute atomic E-state index is 12.6. The Morgan fingerprint density at radius 3 is 2.35 bits per heavy atom. The minimum absolute atomic E-state index is 0.0204. The number of carboxylic acids is 1. The van der Waals surface area contributed by atoms with Crippen LogP contribution < -0.4 is 4.72 Å². The van der Waals surface area contributed by atoms with E-state index in [4.69, 9.17) is 27.9 Å². The molecule has 3 aromatic carbocycles. The van der Waals surface area contributed by atoms with Gasteiger partial charge in [0.2, 0.25) is 0 Å².